The molecule has 2 fully saturated rings. The predicted molar refractivity (Wildman–Crippen MR) is 106 cm³/mol. The summed E-state index contributed by atoms with van der Waals surface area (Å²) in [5, 5.41) is 9.50. The van der Waals surface area contributed by atoms with Gasteiger partial charge in [0, 0.05) is 32.3 Å². The van der Waals surface area contributed by atoms with Gasteiger partial charge in [0.25, 0.3) is 0 Å². The van der Waals surface area contributed by atoms with E-state index in [1.807, 2.05) is 6.07 Å². The Morgan fingerprint density at radius 3 is 2.70 bits per heavy atom. The fourth-order valence-electron chi connectivity index (χ4n) is 4.14. The average molecular weight is 368 g/mol. The predicted octanol–water partition coefficient (Wildman–Crippen LogP) is 2.44. The second-order valence-electron chi connectivity index (χ2n) is 7.74. The van der Waals surface area contributed by atoms with Crippen molar-refractivity contribution in [2.75, 3.05) is 49.2 Å². The van der Waals surface area contributed by atoms with Crippen LogP contribution in [0.1, 0.15) is 25.3 Å². The number of aliphatic hydroxyl groups is 1. The molecular formula is C21H28N4O2. The minimum absolute atomic E-state index is 0.243. The van der Waals surface area contributed by atoms with Crippen molar-refractivity contribution in [3.63, 3.8) is 0 Å². The first-order valence-corrected chi connectivity index (χ1v) is 9.80. The first-order valence-electron chi connectivity index (χ1n) is 9.80. The third-order valence-electron chi connectivity index (χ3n) is 5.72. The number of rotatable bonds is 4. The van der Waals surface area contributed by atoms with E-state index in [0.29, 0.717) is 12.5 Å². The van der Waals surface area contributed by atoms with E-state index in [9.17, 15) is 5.11 Å². The zero-order valence-electron chi connectivity index (χ0n) is 15.9. The molecular weight excluding hydrogens is 340 g/mol. The van der Waals surface area contributed by atoms with Gasteiger partial charge >= 0.3 is 0 Å². The van der Waals surface area contributed by atoms with Crippen LogP contribution in [0.25, 0.3) is 0 Å². The molecule has 144 valence electrons. The summed E-state index contributed by atoms with van der Waals surface area (Å²) >= 11 is 0. The van der Waals surface area contributed by atoms with Gasteiger partial charge in [0.2, 0.25) is 0 Å². The SMILES string of the molecule is CC1(c2ccccc2)CN(c2cc(N3CCCC(CO)C3)ncn2)CCO1. The first kappa shape index (κ1) is 18.2. The Balaban J connectivity index is 1.53. The first-order chi connectivity index (χ1) is 13.2. The highest BCUT2D eigenvalue weighted by Crippen LogP contribution is 2.32. The lowest BCUT2D eigenvalue weighted by molar-refractivity contribution is -0.0468. The number of piperidine rings is 1. The number of aromatic nitrogens is 2. The standard InChI is InChI=1S/C21H28N4O2/c1-21(18-7-3-2-4-8-18)15-25(10-11-27-21)20-12-19(22-16-23-20)24-9-5-6-17(13-24)14-26/h2-4,7-8,12,16-17,26H,5-6,9-11,13-15H2,1H3. The van der Waals surface area contributed by atoms with Crippen molar-refractivity contribution in [3.8, 4) is 0 Å². The summed E-state index contributed by atoms with van der Waals surface area (Å²) < 4.78 is 6.16. The molecule has 1 aromatic heterocycles. The number of hydrogen-bond acceptors (Lipinski definition) is 6. The molecule has 2 aliphatic heterocycles. The topological polar surface area (TPSA) is 61.7 Å². The van der Waals surface area contributed by atoms with Gasteiger partial charge in [-0.05, 0) is 31.2 Å². The monoisotopic (exact) mass is 368 g/mol. The van der Waals surface area contributed by atoms with E-state index in [1.165, 1.54) is 5.56 Å². The van der Waals surface area contributed by atoms with Gasteiger partial charge in [0.15, 0.2) is 0 Å². The van der Waals surface area contributed by atoms with Gasteiger partial charge in [-0.25, -0.2) is 9.97 Å². The van der Waals surface area contributed by atoms with Crippen LogP contribution in [0, 0.1) is 5.92 Å². The minimum atomic E-state index is -0.349. The maximum atomic E-state index is 9.50. The summed E-state index contributed by atoms with van der Waals surface area (Å²) in [5.74, 6) is 2.23. The highest BCUT2D eigenvalue weighted by atomic mass is 16.5. The van der Waals surface area contributed by atoms with Crippen molar-refractivity contribution in [2.24, 2.45) is 5.92 Å². The third kappa shape index (κ3) is 3.92. The Labute approximate surface area is 160 Å². The number of nitrogens with zero attached hydrogens (tertiary/aromatic N) is 4. The van der Waals surface area contributed by atoms with E-state index < -0.39 is 0 Å². The molecule has 2 saturated heterocycles. The van der Waals surface area contributed by atoms with Crippen molar-refractivity contribution in [3.05, 3.63) is 48.3 Å². The Morgan fingerprint density at radius 2 is 1.93 bits per heavy atom. The minimum Gasteiger partial charge on any atom is -0.396 e. The summed E-state index contributed by atoms with van der Waals surface area (Å²) in [7, 11) is 0. The van der Waals surface area contributed by atoms with Gasteiger partial charge < -0.3 is 19.6 Å². The van der Waals surface area contributed by atoms with E-state index in [-0.39, 0.29) is 12.2 Å². The van der Waals surface area contributed by atoms with E-state index >= 15 is 0 Å². The summed E-state index contributed by atoms with van der Waals surface area (Å²) in [5.41, 5.74) is 0.836. The zero-order chi connectivity index (χ0) is 18.7. The number of morpholine rings is 1. The van der Waals surface area contributed by atoms with E-state index in [2.05, 4.69) is 57.0 Å². The van der Waals surface area contributed by atoms with Gasteiger partial charge in [-0.1, -0.05) is 30.3 Å². The maximum Gasteiger partial charge on any atom is 0.134 e. The third-order valence-corrected chi connectivity index (χ3v) is 5.72. The van der Waals surface area contributed by atoms with E-state index in [0.717, 1.165) is 50.7 Å². The van der Waals surface area contributed by atoms with Crippen LogP contribution < -0.4 is 9.80 Å². The fourth-order valence-corrected chi connectivity index (χ4v) is 4.14. The molecule has 0 bridgehead atoms. The van der Waals surface area contributed by atoms with Crippen LogP contribution in [0.5, 0.6) is 0 Å². The lowest BCUT2D eigenvalue weighted by Crippen LogP contribution is -2.48. The quantitative estimate of drug-likeness (QED) is 0.894. The van der Waals surface area contributed by atoms with Crippen molar-refractivity contribution in [2.45, 2.75) is 25.4 Å². The van der Waals surface area contributed by atoms with Crippen LogP contribution in [-0.2, 0) is 10.3 Å². The van der Waals surface area contributed by atoms with E-state index in [1.54, 1.807) is 6.33 Å². The largest absolute Gasteiger partial charge is 0.396 e. The second kappa shape index (κ2) is 7.82. The zero-order valence-corrected chi connectivity index (χ0v) is 15.9. The van der Waals surface area contributed by atoms with Crippen molar-refractivity contribution >= 4 is 11.6 Å². The maximum absolute atomic E-state index is 9.50. The van der Waals surface area contributed by atoms with Gasteiger partial charge in [-0.2, -0.15) is 0 Å². The molecule has 0 aliphatic carbocycles. The molecule has 4 rings (SSSR count). The average Bonchev–Trinajstić information content (AvgIpc) is 2.74. The number of benzene rings is 1. The van der Waals surface area contributed by atoms with Gasteiger partial charge in [-0.15, -0.1) is 0 Å². The molecule has 1 N–H and O–H groups in total. The van der Waals surface area contributed by atoms with Gasteiger partial charge in [0.05, 0.1) is 13.2 Å². The summed E-state index contributed by atoms with van der Waals surface area (Å²) in [6.45, 7) is 6.47. The van der Waals surface area contributed by atoms with Gasteiger partial charge in [-0.3, -0.25) is 0 Å². The molecule has 3 heterocycles. The number of hydrogen-bond donors (Lipinski definition) is 1. The van der Waals surface area contributed by atoms with Crippen LogP contribution in [0.2, 0.25) is 0 Å². The molecule has 2 aromatic rings. The smallest absolute Gasteiger partial charge is 0.134 e. The van der Waals surface area contributed by atoms with Gasteiger partial charge in [0.1, 0.15) is 23.6 Å². The van der Waals surface area contributed by atoms with Crippen LogP contribution in [0.15, 0.2) is 42.7 Å². The molecule has 0 saturated carbocycles. The molecule has 2 atom stereocenters. The molecule has 1 aromatic carbocycles. The second-order valence-corrected chi connectivity index (χ2v) is 7.74. The molecule has 2 unspecified atom stereocenters. The number of ether oxygens (including phenoxy) is 1. The van der Waals surface area contributed by atoms with Crippen molar-refractivity contribution in [1.82, 2.24) is 9.97 Å². The lowest BCUT2D eigenvalue weighted by atomic mass is 9.94. The summed E-state index contributed by atoms with van der Waals surface area (Å²) in [6.07, 6.45) is 3.83. The van der Waals surface area contributed by atoms with E-state index in [4.69, 9.17) is 4.74 Å². The highest BCUT2D eigenvalue weighted by molar-refractivity contribution is 5.51. The summed E-state index contributed by atoms with van der Waals surface area (Å²) in [4.78, 5) is 13.6. The fraction of sp³-hybridized carbons (Fsp3) is 0.524. The van der Waals surface area contributed by atoms with Crippen LogP contribution in [0.3, 0.4) is 0 Å². The molecule has 0 radical (unpaired) electrons. The molecule has 0 spiro atoms. The normalized spacial score (nSPS) is 26.2. The molecule has 27 heavy (non-hydrogen) atoms. The van der Waals surface area contributed by atoms with Crippen molar-refractivity contribution < 1.29 is 9.84 Å². The Hall–Kier alpha value is -2.18. The molecule has 6 nitrogen and oxygen atoms in total. The van der Waals surface area contributed by atoms with Crippen LogP contribution >= 0.6 is 0 Å². The van der Waals surface area contributed by atoms with Crippen LogP contribution in [-0.4, -0.2) is 54.5 Å². The molecule has 0 amide bonds. The summed E-state index contributed by atoms with van der Waals surface area (Å²) in [6, 6.07) is 12.5. The number of aliphatic hydroxyl groups excluding tert-OH is 1. The number of anilines is 2. The Bertz CT molecular complexity index is 757. The Kier molecular flexibility index (Phi) is 5.27. The molecule has 2 aliphatic rings. The van der Waals surface area contributed by atoms with Crippen molar-refractivity contribution in [1.29, 1.82) is 0 Å². The lowest BCUT2D eigenvalue weighted by Gasteiger charge is -2.41. The van der Waals surface area contributed by atoms with Crippen LogP contribution in [0.4, 0.5) is 11.6 Å². The molecule has 6 heteroatoms. The highest BCUT2D eigenvalue weighted by Gasteiger charge is 2.34. The Morgan fingerprint density at radius 1 is 1.15 bits per heavy atom.